The predicted molar refractivity (Wildman–Crippen MR) is 64.6 cm³/mol. The molecule has 0 saturated heterocycles. The van der Waals surface area contributed by atoms with E-state index >= 15 is 0 Å². The van der Waals surface area contributed by atoms with E-state index in [0.717, 1.165) is 31.6 Å². The summed E-state index contributed by atoms with van der Waals surface area (Å²) in [5.41, 5.74) is 5.21. The fourth-order valence-corrected chi connectivity index (χ4v) is 2.57. The van der Waals surface area contributed by atoms with Crippen LogP contribution in [0.4, 0.5) is 0 Å². The fraction of sp³-hybridized carbons (Fsp3) is 1.00. The molecule has 0 heterocycles. The van der Waals surface area contributed by atoms with Crippen molar-refractivity contribution in [2.45, 2.75) is 70.9 Å². The molecular formula is C13H27NO. The topological polar surface area (TPSA) is 46.2 Å². The molecule has 0 amide bonds. The van der Waals surface area contributed by atoms with E-state index in [1.165, 1.54) is 6.42 Å². The van der Waals surface area contributed by atoms with Crippen LogP contribution in [0, 0.1) is 11.8 Å². The average Bonchev–Trinajstić information content (AvgIpc) is 2.29. The lowest BCUT2D eigenvalue weighted by Crippen LogP contribution is -2.61. The summed E-state index contributed by atoms with van der Waals surface area (Å²) in [7, 11) is 0. The van der Waals surface area contributed by atoms with Gasteiger partial charge in [-0.2, -0.15) is 0 Å². The summed E-state index contributed by atoms with van der Waals surface area (Å²) < 4.78 is 0. The van der Waals surface area contributed by atoms with Crippen molar-refractivity contribution in [3.8, 4) is 0 Å². The van der Waals surface area contributed by atoms with Crippen LogP contribution in [-0.2, 0) is 0 Å². The molecule has 2 heteroatoms. The van der Waals surface area contributed by atoms with Crippen LogP contribution in [0.2, 0.25) is 0 Å². The third-order valence-corrected chi connectivity index (χ3v) is 4.54. The highest BCUT2D eigenvalue weighted by Gasteiger charge is 2.46. The second-order valence-corrected chi connectivity index (χ2v) is 6.01. The Bertz CT molecular complexity index is 213. The summed E-state index contributed by atoms with van der Waals surface area (Å²) in [6.07, 6.45) is 5.17. The average molecular weight is 213 g/mol. The van der Waals surface area contributed by atoms with Crippen molar-refractivity contribution in [2.24, 2.45) is 17.6 Å². The van der Waals surface area contributed by atoms with Crippen LogP contribution in [0.5, 0.6) is 0 Å². The zero-order valence-corrected chi connectivity index (χ0v) is 10.7. The van der Waals surface area contributed by atoms with E-state index in [0.29, 0.717) is 5.92 Å². The zero-order valence-electron chi connectivity index (χ0n) is 10.7. The monoisotopic (exact) mass is 213 g/mol. The molecule has 3 atom stereocenters. The van der Waals surface area contributed by atoms with Crippen molar-refractivity contribution in [1.82, 2.24) is 0 Å². The molecule has 1 rings (SSSR count). The molecule has 1 saturated carbocycles. The summed E-state index contributed by atoms with van der Waals surface area (Å²) in [6, 6.07) is 0. The van der Waals surface area contributed by atoms with Crippen molar-refractivity contribution in [2.75, 3.05) is 0 Å². The zero-order chi connectivity index (χ0) is 11.7. The maximum atomic E-state index is 10.7. The van der Waals surface area contributed by atoms with Gasteiger partial charge in [0.05, 0.1) is 5.60 Å². The van der Waals surface area contributed by atoms with E-state index in [2.05, 4.69) is 20.8 Å². The smallest absolute Gasteiger partial charge is 0.0826 e. The van der Waals surface area contributed by atoms with Crippen LogP contribution in [0.25, 0.3) is 0 Å². The van der Waals surface area contributed by atoms with Gasteiger partial charge in [-0.3, -0.25) is 0 Å². The Morgan fingerprint density at radius 1 is 1.33 bits per heavy atom. The van der Waals surface area contributed by atoms with Gasteiger partial charge in [-0.1, -0.05) is 33.6 Å². The van der Waals surface area contributed by atoms with Gasteiger partial charge in [0.25, 0.3) is 0 Å². The van der Waals surface area contributed by atoms with E-state index in [9.17, 15) is 5.11 Å². The van der Waals surface area contributed by atoms with E-state index < -0.39 is 11.1 Å². The third kappa shape index (κ3) is 2.54. The standard InChI is InChI=1S/C13H27NO/c1-10(2)12(4,14)13(15)8-5-6-11(3)7-9-13/h10-11,15H,5-9,14H2,1-4H3. The molecule has 1 aliphatic carbocycles. The van der Waals surface area contributed by atoms with Crippen molar-refractivity contribution in [3.63, 3.8) is 0 Å². The second-order valence-electron chi connectivity index (χ2n) is 6.01. The van der Waals surface area contributed by atoms with Gasteiger partial charge in [0.2, 0.25) is 0 Å². The summed E-state index contributed by atoms with van der Waals surface area (Å²) in [4.78, 5) is 0. The van der Waals surface area contributed by atoms with Crippen LogP contribution in [0.3, 0.4) is 0 Å². The van der Waals surface area contributed by atoms with E-state index in [1.54, 1.807) is 0 Å². The minimum Gasteiger partial charge on any atom is -0.388 e. The largest absolute Gasteiger partial charge is 0.388 e. The number of rotatable bonds is 2. The number of aliphatic hydroxyl groups is 1. The first-order valence-electron chi connectivity index (χ1n) is 6.31. The van der Waals surface area contributed by atoms with E-state index in [1.807, 2.05) is 6.92 Å². The third-order valence-electron chi connectivity index (χ3n) is 4.54. The molecule has 2 nitrogen and oxygen atoms in total. The molecule has 90 valence electrons. The second kappa shape index (κ2) is 4.42. The summed E-state index contributed by atoms with van der Waals surface area (Å²) in [5, 5.41) is 10.7. The first-order valence-corrected chi connectivity index (χ1v) is 6.31. The van der Waals surface area contributed by atoms with Gasteiger partial charge in [-0.15, -0.1) is 0 Å². The van der Waals surface area contributed by atoms with Crippen molar-refractivity contribution < 1.29 is 5.11 Å². The Labute approximate surface area is 94.2 Å². The maximum absolute atomic E-state index is 10.7. The Kier molecular flexibility index (Phi) is 3.83. The number of nitrogens with two attached hydrogens (primary N) is 1. The normalized spacial score (nSPS) is 37.4. The lowest BCUT2D eigenvalue weighted by atomic mass is 9.70. The van der Waals surface area contributed by atoms with Gasteiger partial charge in [-0.05, 0) is 38.0 Å². The van der Waals surface area contributed by atoms with Crippen molar-refractivity contribution >= 4 is 0 Å². The Morgan fingerprint density at radius 3 is 2.47 bits per heavy atom. The molecule has 0 bridgehead atoms. The fourth-order valence-electron chi connectivity index (χ4n) is 2.57. The Morgan fingerprint density at radius 2 is 1.93 bits per heavy atom. The molecule has 1 aliphatic rings. The molecule has 0 radical (unpaired) electrons. The van der Waals surface area contributed by atoms with Gasteiger partial charge in [-0.25, -0.2) is 0 Å². The van der Waals surface area contributed by atoms with E-state index in [4.69, 9.17) is 5.73 Å². The maximum Gasteiger partial charge on any atom is 0.0826 e. The minimum absolute atomic E-state index is 0.316. The highest BCUT2D eigenvalue weighted by molar-refractivity contribution is 5.03. The van der Waals surface area contributed by atoms with Crippen molar-refractivity contribution in [3.05, 3.63) is 0 Å². The first-order chi connectivity index (χ1) is 6.79. The van der Waals surface area contributed by atoms with Gasteiger partial charge in [0.15, 0.2) is 0 Å². The summed E-state index contributed by atoms with van der Waals surface area (Å²) in [6.45, 7) is 8.49. The van der Waals surface area contributed by atoms with Gasteiger partial charge < -0.3 is 10.8 Å². The molecular weight excluding hydrogens is 186 g/mol. The lowest BCUT2D eigenvalue weighted by molar-refractivity contribution is -0.0602. The molecule has 0 spiro atoms. The molecule has 0 aromatic rings. The highest BCUT2D eigenvalue weighted by atomic mass is 16.3. The molecule has 15 heavy (non-hydrogen) atoms. The van der Waals surface area contributed by atoms with E-state index in [-0.39, 0.29) is 0 Å². The molecule has 0 aliphatic heterocycles. The van der Waals surface area contributed by atoms with Crippen LogP contribution < -0.4 is 5.73 Å². The van der Waals surface area contributed by atoms with Crippen molar-refractivity contribution in [1.29, 1.82) is 0 Å². The van der Waals surface area contributed by atoms with Gasteiger partial charge in [0.1, 0.15) is 0 Å². The van der Waals surface area contributed by atoms with Gasteiger partial charge >= 0.3 is 0 Å². The number of hydrogen-bond donors (Lipinski definition) is 2. The lowest BCUT2D eigenvalue weighted by Gasteiger charge is -2.45. The Balaban J connectivity index is 2.80. The SMILES string of the molecule is CC1CCCC(O)(C(C)(N)C(C)C)CC1. The molecule has 1 fully saturated rings. The number of hydrogen-bond acceptors (Lipinski definition) is 2. The van der Waals surface area contributed by atoms with Gasteiger partial charge in [0, 0.05) is 5.54 Å². The summed E-state index contributed by atoms with van der Waals surface area (Å²) in [5.74, 6) is 1.05. The quantitative estimate of drug-likeness (QED) is 0.693. The van der Waals surface area contributed by atoms with Crippen LogP contribution in [0.1, 0.15) is 59.8 Å². The predicted octanol–water partition coefficient (Wildman–Crippen LogP) is 2.69. The minimum atomic E-state index is -0.661. The molecule has 0 aromatic heterocycles. The Hall–Kier alpha value is -0.0800. The van der Waals surface area contributed by atoms with Crippen LogP contribution in [0.15, 0.2) is 0 Å². The van der Waals surface area contributed by atoms with Crippen LogP contribution in [-0.4, -0.2) is 16.2 Å². The first kappa shape index (κ1) is 13.0. The van der Waals surface area contributed by atoms with Crippen LogP contribution >= 0.6 is 0 Å². The summed E-state index contributed by atoms with van der Waals surface area (Å²) >= 11 is 0. The molecule has 0 aromatic carbocycles. The molecule has 3 N–H and O–H groups in total. The highest BCUT2D eigenvalue weighted by Crippen LogP contribution is 2.39. The molecule has 3 unspecified atom stereocenters.